The molecule has 11 nitrogen and oxygen atoms in total. The quantitative estimate of drug-likeness (QED) is 0.292. The summed E-state index contributed by atoms with van der Waals surface area (Å²) in [5.41, 5.74) is 4.10. The van der Waals surface area contributed by atoms with Gasteiger partial charge in [0.2, 0.25) is 0 Å². The number of aliphatic hydroxyl groups excluding tert-OH is 4. The van der Waals surface area contributed by atoms with Crippen LogP contribution in [-0.2, 0) is 19.0 Å². The molecule has 1 aliphatic heterocycles. The second-order valence-corrected chi connectivity index (χ2v) is 8.82. The van der Waals surface area contributed by atoms with Gasteiger partial charge in [-0.05, 0) is 29.2 Å². The highest BCUT2D eigenvalue weighted by Gasteiger charge is 2.45. The van der Waals surface area contributed by atoms with E-state index in [1.54, 1.807) is 0 Å². The van der Waals surface area contributed by atoms with Crippen molar-refractivity contribution < 1.29 is 49.3 Å². The van der Waals surface area contributed by atoms with E-state index < -0.39 is 61.5 Å². The number of carbonyl (C=O) groups is 2. The lowest BCUT2D eigenvalue weighted by atomic mass is 9.98. The molecule has 2 aliphatic rings. The Hall–Kier alpha value is -3.06. The fourth-order valence-corrected chi connectivity index (χ4v) is 4.62. The minimum Gasteiger partial charge on any atom is -0.480 e. The Kier molecular flexibility index (Phi) is 7.88. The van der Waals surface area contributed by atoms with Crippen LogP contribution in [0.5, 0.6) is 0 Å². The number of alkyl carbamates (subject to hydrolysis) is 1. The van der Waals surface area contributed by atoms with Crippen molar-refractivity contribution >= 4 is 12.1 Å². The van der Waals surface area contributed by atoms with Gasteiger partial charge in [-0.3, -0.25) is 0 Å². The fourth-order valence-electron chi connectivity index (χ4n) is 4.62. The first-order chi connectivity index (χ1) is 17.2. The molecule has 2 aromatic rings. The number of nitrogens with one attached hydrogen (secondary N) is 1. The molecular formula is C25H29NO10. The molecule has 1 aliphatic carbocycles. The third-order valence-corrected chi connectivity index (χ3v) is 6.55. The largest absolute Gasteiger partial charge is 0.480 e. The summed E-state index contributed by atoms with van der Waals surface area (Å²) in [5, 5.41) is 51.1. The van der Waals surface area contributed by atoms with E-state index in [4.69, 9.17) is 14.2 Å². The van der Waals surface area contributed by atoms with Crippen molar-refractivity contribution in [1.82, 2.24) is 5.32 Å². The number of hydrogen-bond donors (Lipinski definition) is 6. The van der Waals surface area contributed by atoms with Crippen molar-refractivity contribution in [3.05, 3.63) is 59.7 Å². The first-order valence-electron chi connectivity index (χ1n) is 11.5. The molecule has 0 spiro atoms. The van der Waals surface area contributed by atoms with E-state index in [2.05, 4.69) is 5.32 Å². The molecule has 36 heavy (non-hydrogen) atoms. The maximum atomic E-state index is 12.6. The molecule has 1 saturated heterocycles. The van der Waals surface area contributed by atoms with Gasteiger partial charge in [-0.15, -0.1) is 0 Å². The zero-order valence-electron chi connectivity index (χ0n) is 19.4. The molecule has 6 N–H and O–H groups in total. The number of rotatable bonds is 8. The number of fused-ring (bicyclic) bond motifs is 3. The summed E-state index contributed by atoms with van der Waals surface area (Å²) in [4.78, 5) is 24.4. The van der Waals surface area contributed by atoms with Crippen LogP contribution in [0.2, 0.25) is 0 Å². The average Bonchev–Trinajstić information content (AvgIpc) is 3.19. The van der Waals surface area contributed by atoms with Gasteiger partial charge in [-0.1, -0.05) is 48.5 Å². The Morgan fingerprint density at radius 1 is 0.972 bits per heavy atom. The van der Waals surface area contributed by atoms with Crippen LogP contribution in [0.1, 0.15) is 24.0 Å². The summed E-state index contributed by atoms with van der Waals surface area (Å²) < 4.78 is 16.1. The first kappa shape index (κ1) is 26.0. The summed E-state index contributed by atoms with van der Waals surface area (Å²) in [6, 6.07) is 14.0. The normalized spacial score (nSPS) is 27.0. The third kappa shape index (κ3) is 5.07. The number of carboxylic acids is 1. The molecule has 11 heteroatoms. The molecule has 0 radical (unpaired) electrons. The van der Waals surface area contributed by atoms with Crippen LogP contribution in [0.25, 0.3) is 11.1 Å². The highest BCUT2D eigenvalue weighted by molar-refractivity contribution is 5.81. The van der Waals surface area contributed by atoms with E-state index in [-0.39, 0.29) is 12.5 Å². The first-order valence-corrected chi connectivity index (χ1v) is 11.5. The number of amides is 1. The van der Waals surface area contributed by atoms with Crippen LogP contribution < -0.4 is 5.32 Å². The number of ether oxygens (including phenoxy) is 3. The Balaban J connectivity index is 1.39. The van der Waals surface area contributed by atoms with Gasteiger partial charge >= 0.3 is 12.1 Å². The molecule has 2 aromatic carbocycles. The average molecular weight is 504 g/mol. The lowest BCUT2D eigenvalue weighted by molar-refractivity contribution is -0.311. The number of carbonyl (C=O) groups excluding carboxylic acids is 1. The van der Waals surface area contributed by atoms with Crippen molar-refractivity contribution in [3.63, 3.8) is 0 Å². The smallest absolute Gasteiger partial charge is 0.407 e. The molecule has 0 saturated carbocycles. The van der Waals surface area contributed by atoms with Crippen LogP contribution in [0.4, 0.5) is 4.79 Å². The van der Waals surface area contributed by atoms with Gasteiger partial charge in [0.05, 0.1) is 12.7 Å². The van der Waals surface area contributed by atoms with Crippen molar-refractivity contribution in [2.24, 2.45) is 0 Å². The van der Waals surface area contributed by atoms with Crippen molar-refractivity contribution in [1.29, 1.82) is 0 Å². The Bertz CT molecular complexity index is 1050. The second-order valence-electron chi connectivity index (χ2n) is 8.82. The van der Waals surface area contributed by atoms with Crippen molar-refractivity contribution in [2.75, 3.05) is 13.2 Å². The number of aliphatic hydroxyl groups is 4. The molecule has 4 rings (SSSR count). The Labute approximate surface area is 206 Å². The predicted molar refractivity (Wildman–Crippen MR) is 124 cm³/mol. The molecule has 0 bridgehead atoms. The second kappa shape index (κ2) is 10.9. The molecular weight excluding hydrogens is 474 g/mol. The van der Waals surface area contributed by atoms with Crippen LogP contribution in [0.15, 0.2) is 48.5 Å². The minimum absolute atomic E-state index is 0.0197. The van der Waals surface area contributed by atoms with E-state index >= 15 is 0 Å². The van der Waals surface area contributed by atoms with E-state index in [0.717, 1.165) is 22.3 Å². The number of carboxylic acid groups (broad SMARTS) is 1. The summed E-state index contributed by atoms with van der Waals surface area (Å²) in [6.07, 6.45) is -9.99. The van der Waals surface area contributed by atoms with E-state index in [1.165, 1.54) is 6.92 Å². The topological polar surface area (TPSA) is 175 Å². The van der Waals surface area contributed by atoms with Crippen molar-refractivity contribution in [3.8, 4) is 11.1 Å². The van der Waals surface area contributed by atoms with Gasteiger partial charge in [-0.25, -0.2) is 9.59 Å². The molecule has 1 heterocycles. The van der Waals surface area contributed by atoms with Gasteiger partial charge in [0.1, 0.15) is 31.0 Å². The molecule has 1 amide bonds. The molecule has 0 aromatic heterocycles. The zero-order chi connectivity index (χ0) is 26.0. The maximum Gasteiger partial charge on any atom is 0.407 e. The summed E-state index contributed by atoms with van der Waals surface area (Å²) >= 11 is 0. The predicted octanol–water partition coefficient (Wildman–Crippen LogP) is 0.183. The Morgan fingerprint density at radius 2 is 1.56 bits per heavy atom. The number of aliphatic carboxylic acids is 1. The van der Waals surface area contributed by atoms with Crippen LogP contribution in [0, 0.1) is 0 Å². The van der Waals surface area contributed by atoms with Crippen molar-refractivity contribution in [2.45, 2.75) is 55.7 Å². The summed E-state index contributed by atoms with van der Waals surface area (Å²) in [5.74, 6) is -1.64. The standard InChI is InChI=1S/C25H29NO10/c1-12(35-24-22(30)21(29)20(28)18(10-27)36-24)19(23(31)32)26-25(33)34-11-17-15-8-4-2-6-13(15)14-7-3-5-9-16(14)17/h2-9,12,17-22,24,27-30H,10-11H2,1H3,(H,26,33)(H,31,32)/t12-,18-,19+,20-,21+,22-,24-/m1/s1. The van der Waals surface area contributed by atoms with Gasteiger partial charge in [0.25, 0.3) is 0 Å². The monoisotopic (exact) mass is 503 g/mol. The van der Waals surface area contributed by atoms with Gasteiger partial charge in [-0.2, -0.15) is 0 Å². The molecule has 1 fully saturated rings. The van der Waals surface area contributed by atoms with Crippen LogP contribution >= 0.6 is 0 Å². The molecule has 194 valence electrons. The van der Waals surface area contributed by atoms with E-state index in [0.29, 0.717) is 0 Å². The SMILES string of the molecule is C[C@@H](O[C@@H]1O[C@H](CO)[C@@H](O)[C@H](O)[C@H]1O)[C@H](NC(=O)OCC1c2ccccc2-c2ccccc21)C(=O)O. The van der Waals surface area contributed by atoms with Gasteiger partial charge in [0, 0.05) is 5.92 Å². The van der Waals surface area contributed by atoms with E-state index in [1.807, 2.05) is 48.5 Å². The van der Waals surface area contributed by atoms with Crippen LogP contribution in [0.3, 0.4) is 0 Å². The zero-order valence-corrected chi connectivity index (χ0v) is 19.4. The molecule has 0 unspecified atom stereocenters. The van der Waals surface area contributed by atoms with Gasteiger partial charge in [0.15, 0.2) is 12.3 Å². The summed E-state index contributed by atoms with van der Waals surface area (Å²) in [6.45, 7) is 0.637. The fraction of sp³-hybridized carbons (Fsp3) is 0.440. The summed E-state index contributed by atoms with van der Waals surface area (Å²) in [7, 11) is 0. The van der Waals surface area contributed by atoms with Gasteiger partial charge < -0.3 is 45.1 Å². The molecule has 7 atom stereocenters. The number of benzene rings is 2. The highest BCUT2D eigenvalue weighted by atomic mass is 16.7. The number of hydrogen-bond acceptors (Lipinski definition) is 9. The lowest BCUT2D eigenvalue weighted by Crippen LogP contribution is -2.61. The minimum atomic E-state index is -1.71. The maximum absolute atomic E-state index is 12.6. The Morgan fingerprint density at radius 3 is 2.11 bits per heavy atom. The highest BCUT2D eigenvalue weighted by Crippen LogP contribution is 2.44. The van der Waals surface area contributed by atoms with E-state index in [9.17, 15) is 35.1 Å². The lowest BCUT2D eigenvalue weighted by Gasteiger charge is -2.41. The third-order valence-electron chi connectivity index (χ3n) is 6.55. The van der Waals surface area contributed by atoms with Crippen LogP contribution in [-0.4, -0.2) is 93.7 Å².